The van der Waals surface area contributed by atoms with Gasteiger partial charge in [0.1, 0.15) is 0 Å². The normalized spacial score (nSPS) is 31.0. The van der Waals surface area contributed by atoms with Gasteiger partial charge in [-0.2, -0.15) is 0 Å². The molecule has 1 fully saturated rings. The summed E-state index contributed by atoms with van der Waals surface area (Å²) in [5.41, 5.74) is 0. The molecule has 0 aromatic heterocycles. The van der Waals surface area contributed by atoms with E-state index < -0.39 is 0 Å². The van der Waals surface area contributed by atoms with Crippen LogP contribution in [-0.4, -0.2) is 24.3 Å². The van der Waals surface area contributed by atoms with Crippen molar-refractivity contribution in [1.29, 1.82) is 0 Å². The van der Waals surface area contributed by atoms with Gasteiger partial charge in [0.25, 0.3) is 0 Å². The molecule has 0 aromatic rings. The third-order valence-electron chi connectivity index (χ3n) is 3.99. The molecule has 1 aliphatic rings. The summed E-state index contributed by atoms with van der Waals surface area (Å²) in [7, 11) is 0. The van der Waals surface area contributed by atoms with Crippen molar-refractivity contribution in [3.05, 3.63) is 0 Å². The van der Waals surface area contributed by atoms with Crippen molar-refractivity contribution in [2.45, 2.75) is 58.4 Å². The Balaban J connectivity index is 2.07. The first-order valence-corrected chi connectivity index (χ1v) is 6.63. The average Bonchev–Trinajstić information content (AvgIpc) is 2.60. The van der Waals surface area contributed by atoms with Gasteiger partial charge >= 0.3 is 0 Å². The van der Waals surface area contributed by atoms with E-state index in [1.54, 1.807) is 0 Å². The van der Waals surface area contributed by atoms with Gasteiger partial charge in [-0.05, 0) is 50.5 Å². The Kier molecular flexibility index (Phi) is 6.26. The zero-order valence-corrected chi connectivity index (χ0v) is 10.3. The number of hydrogen-bond acceptors (Lipinski definition) is 2. The molecule has 2 heteroatoms. The Labute approximate surface area is 94.5 Å². The van der Waals surface area contributed by atoms with Crippen LogP contribution in [0.4, 0.5) is 0 Å². The Bertz CT molecular complexity index is 161. The van der Waals surface area contributed by atoms with Gasteiger partial charge in [0.2, 0.25) is 0 Å². The maximum Gasteiger partial charge on any atom is 0.0431 e. The van der Waals surface area contributed by atoms with Crippen LogP contribution in [0.5, 0.6) is 0 Å². The molecular weight excluding hydrogens is 186 g/mol. The molecule has 0 radical (unpaired) electrons. The predicted molar refractivity (Wildman–Crippen MR) is 64.9 cm³/mol. The molecule has 15 heavy (non-hydrogen) atoms. The van der Waals surface area contributed by atoms with Crippen molar-refractivity contribution in [3.8, 4) is 0 Å². The first-order valence-electron chi connectivity index (χ1n) is 6.63. The van der Waals surface area contributed by atoms with Crippen molar-refractivity contribution < 1.29 is 5.11 Å². The van der Waals surface area contributed by atoms with Crippen molar-refractivity contribution in [2.24, 2.45) is 11.8 Å². The number of aliphatic hydroxyl groups is 1. The highest BCUT2D eigenvalue weighted by atomic mass is 16.2. The van der Waals surface area contributed by atoms with E-state index in [1.165, 1.54) is 25.7 Å². The zero-order valence-electron chi connectivity index (χ0n) is 10.3. The van der Waals surface area contributed by atoms with Gasteiger partial charge in [0, 0.05) is 12.6 Å². The van der Waals surface area contributed by atoms with Crippen LogP contribution in [0.2, 0.25) is 0 Å². The highest BCUT2D eigenvalue weighted by molar-refractivity contribution is 4.86. The highest BCUT2D eigenvalue weighted by Crippen LogP contribution is 2.33. The Morgan fingerprint density at radius 3 is 2.60 bits per heavy atom. The lowest BCUT2D eigenvalue weighted by Crippen LogP contribution is -2.33. The van der Waals surface area contributed by atoms with Crippen molar-refractivity contribution >= 4 is 0 Å². The molecule has 1 rings (SSSR count). The third-order valence-corrected chi connectivity index (χ3v) is 3.99. The highest BCUT2D eigenvalue weighted by Gasteiger charge is 2.30. The standard InChI is InChI=1S/C13H27NO/c1-3-12-7-8-13(11(12)2)14-9-5-4-6-10-15/h11-15H,3-10H2,1-2H3. The summed E-state index contributed by atoms with van der Waals surface area (Å²) in [4.78, 5) is 0. The molecular formula is C13H27NO. The van der Waals surface area contributed by atoms with Gasteiger partial charge < -0.3 is 10.4 Å². The van der Waals surface area contributed by atoms with E-state index in [2.05, 4.69) is 19.2 Å². The van der Waals surface area contributed by atoms with Gasteiger partial charge in [-0.3, -0.25) is 0 Å². The van der Waals surface area contributed by atoms with Crippen LogP contribution < -0.4 is 5.32 Å². The summed E-state index contributed by atoms with van der Waals surface area (Å²) >= 11 is 0. The summed E-state index contributed by atoms with van der Waals surface area (Å²) in [6.07, 6.45) is 7.43. The molecule has 2 nitrogen and oxygen atoms in total. The molecule has 0 saturated heterocycles. The van der Waals surface area contributed by atoms with E-state index in [-0.39, 0.29) is 0 Å². The molecule has 0 heterocycles. The smallest absolute Gasteiger partial charge is 0.0431 e. The minimum atomic E-state index is 0.345. The first-order chi connectivity index (χ1) is 7.29. The third kappa shape index (κ3) is 4.12. The van der Waals surface area contributed by atoms with E-state index in [0.717, 1.165) is 37.3 Å². The average molecular weight is 213 g/mol. The monoisotopic (exact) mass is 213 g/mol. The lowest BCUT2D eigenvalue weighted by Gasteiger charge is -2.20. The Morgan fingerprint density at radius 2 is 2.00 bits per heavy atom. The Morgan fingerprint density at radius 1 is 1.20 bits per heavy atom. The van der Waals surface area contributed by atoms with Crippen LogP contribution in [0.25, 0.3) is 0 Å². The summed E-state index contributed by atoms with van der Waals surface area (Å²) < 4.78 is 0. The van der Waals surface area contributed by atoms with Crippen molar-refractivity contribution in [3.63, 3.8) is 0 Å². The molecule has 3 unspecified atom stereocenters. The summed E-state index contributed by atoms with van der Waals surface area (Å²) in [6, 6.07) is 0.754. The van der Waals surface area contributed by atoms with Crippen LogP contribution in [-0.2, 0) is 0 Å². The maximum atomic E-state index is 8.67. The van der Waals surface area contributed by atoms with Gasteiger partial charge in [-0.15, -0.1) is 0 Å². The molecule has 0 aliphatic heterocycles. The molecule has 0 spiro atoms. The van der Waals surface area contributed by atoms with Crippen LogP contribution in [0.3, 0.4) is 0 Å². The van der Waals surface area contributed by atoms with Crippen molar-refractivity contribution in [1.82, 2.24) is 5.32 Å². The summed E-state index contributed by atoms with van der Waals surface area (Å²) in [5.74, 6) is 1.80. The zero-order chi connectivity index (χ0) is 11.1. The number of rotatable bonds is 7. The van der Waals surface area contributed by atoms with Crippen LogP contribution >= 0.6 is 0 Å². The van der Waals surface area contributed by atoms with Gasteiger partial charge in [0.05, 0.1) is 0 Å². The number of aliphatic hydroxyl groups excluding tert-OH is 1. The number of unbranched alkanes of at least 4 members (excludes halogenated alkanes) is 2. The Hall–Kier alpha value is -0.0800. The quantitative estimate of drug-likeness (QED) is 0.637. The van der Waals surface area contributed by atoms with Crippen LogP contribution in [0.15, 0.2) is 0 Å². The summed E-state index contributed by atoms with van der Waals surface area (Å²) in [5, 5.41) is 12.3. The fraction of sp³-hybridized carbons (Fsp3) is 1.00. The van der Waals surface area contributed by atoms with Crippen LogP contribution in [0.1, 0.15) is 52.4 Å². The lowest BCUT2D eigenvalue weighted by atomic mass is 9.93. The van der Waals surface area contributed by atoms with Gasteiger partial charge in [-0.1, -0.05) is 20.3 Å². The minimum Gasteiger partial charge on any atom is -0.396 e. The second-order valence-corrected chi connectivity index (χ2v) is 4.95. The molecule has 0 amide bonds. The van der Waals surface area contributed by atoms with Crippen molar-refractivity contribution in [2.75, 3.05) is 13.2 Å². The largest absolute Gasteiger partial charge is 0.396 e. The van der Waals surface area contributed by atoms with E-state index >= 15 is 0 Å². The summed E-state index contributed by atoms with van der Waals surface area (Å²) in [6.45, 7) is 6.18. The fourth-order valence-electron chi connectivity index (χ4n) is 2.81. The number of nitrogens with one attached hydrogen (secondary N) is 1. The SMILES string of the molecule is CCC1CCC(NCCCCCO)C1C. The first kappa shape index (κ1) is 13.0. The van der Waals surface area contributed by atoms with E-state index in [9.17, 15) is 0 Å². The number of hydrogen-bond donors (Lipinski definition) is 2. The van der Waals surface area contributed by atoms with Gasteiger partial charge in [-0.25, -0.2) is 0 Å². The molecule has 90 valence electrons. The van der Waals surface area contributed by atoms with E-state index in [0.29, 0.717) is 6.61 Å². The van der Waals surface area contributed by atoms with Crippen LogP contribution in [0, 0.1) is 11.8 Å². The second-order valence-electron chi connectivity index (χ2n) is 4.95. The second kappa shape index (κ2) is 7.24. The van der Waals surface area contributed by atoms with E-state index in [1.807, 2.05) is 0 Å². The molecule has 1 saturated carbocycles. The maximum absolute atomic E-state index is 8.67. The lowest BCUT2D eigenvalue weighted by molar-refractivity contribution is 0.281. The molecule has 1 aliphatic carbocycles. The molecule has 0 bridgehead atoms. The van der Waals surface area contributed by atoms with Gasteiger partial charge in [0.15, 0.2) is 0 Å². The molecule has 3 atom stereocenters. The predicted octanol–water partition coefficient (Wildman–Crippen LogP) is 2.56. The topological polar surface area (TPSA) is 32.3 Å². The van der Waals surface area contributed by atoms with E-state index in [4.69, 9.17) is 5.11 Å². The molecule has 0 aromatic carbocycles. The molecule has 2 N–H and O–H groups in total. The minimum absolute atomic E-state index is 0.345. The fourth-order valence-corrected chi connectivity index (χ4v) is 2.81.